The minimum atomic E-state index is -1.10. The van der Waals surface area contributed by atoms with Crippen LogP contribution < -0.4 is 11.2 Å². The lowest BCUT2D eigenvalue weighted by Gasteiger charge is -2.40. The van der Waals surface area contributed by atoms with E-state index < -0.39 is 22.2 Å². The van der Waals surface area contributed by atoms with Crippen LogP contribution in [0.5, 0.6) is 0 Å². The van der Waals surface area contributed by atoms with Crippen LogP contribution in [0.1, 0.15) is 19.3 Å². The third kappa shape index (κ3) is 2.15. The summed E-state index contributed by atoms with van der Waals surface area (Å²) in [7, 11) is 0. The highest BCUT2D eigenvalue weighted by Crippen LogP contribution is 2.43. The summed E-state index contributed by atoms with van der Waals surface area (Å²) in [4.78, 5) is 25.3. The SMILES string of the molecule is CSC1(Cn2c(=O)[nH]c(Cl)c(F)c2=O)CCC1. The maximum Gasteiger partial charge on any atom is 0.329 e. The molecule has 0 aliphatic heterocycles. The quantitative estimate of drug-likeness (QED) is 0.855. The molecule has 1 aliphatic rings. The highest BCUT2D eigenvalue weighted by atomic mass is 35.5. The van der Waals surface area contributed by atoms with Crippen molar-refractivity contribution in [1.82, 2.24) is 9.55 Å². The van der Waals surface area contributed by atoms with E-state index in [0.29, 0.717) is 0 Å². The summed E-state index contributed by atoms with van der Waals surface area (Å²) in [6.45, 7) is 0.233. The molecule has 94 valence electrons. The summed E-state index contributed by atoms with van der Waals surface area (Å²) < 4.78 is 14.1. The Hall–Kier alpha value is -0.750. The Bertz CT molecular complexity index is 545. The second-order valence-electron chi connectivity index (χ2n) is 4.19. The summed E-state index contributed by atoms with van der Waals surface area (Å²) in [6.07, 6.45) is 4.88. The zero-order valence-corrected chi connectivity index (χ0v) is 10.8. The molecule has 7 heteroatoms. The molecule has 1 N–H and O–H groups in total. The summed E-state index contributed by atoms with van der Waals surface area (Å²) in [5.41, 5.74) is -1.60. The molecule has 17 heavy (non-hydrogen) atoms. The third-order valence-electron chi connectivity index (χ3n) is 3.23. The number of nitrogens with zero attached hydrogens (tertiary/aromatic N) is 1. The Morgan fingerprint density at radius 1 is 1.53 bits per heavy atom. The van der Waals surface area contributed by atoms with E-state index in [9.17, 15) is 14.0 Å². The number of aromatic amines is 1. The monoisotopic (exact) mass is 278 g/mol. The first-order valence-electron chi connectivity index (χ1n) is 5.22. The van der Waals surface area contributed by atoms with Gasteiger partial charge in [0.25, 0.3) is 5.56 Å². The van der Waals surface area contributed by atoms with Crippen molar-refractivity contribution < 1.29 is 4.39 Å². The maximum atomic E-state index is 13.3. The average molecular weight is 279 g/mol. The van der Waals surface area contributed by atoms with Gasteiger partial charge in [0.15, 0.2) is 5.15 Å². The van der Waals surface area contributed by atoms with Crippen molar-refractivity contribution >= 4 is 23.4 Å². The van der Waals surface area contributed by atoms with E-state index in [0.717, 1.165) is 23.8 Å². The minimum Gasteiger partial charge on any atom is -0.295 e. The lowest BCUT2D eigenvalue weighted by molar-refractivity contribution is 0.310. The molecule has 1 aromatic heterocycles. The van der Waals surface area contributed by atoms with Gasteiger partial charge in [-0.25, -0.2) is 4.79 Å². The number of halogens is 2. The van der Waals surface area contributed by atoms with Gasteiger partial charge < -0.3 is 0 Å². The summed E-state index contributed by atoms with van der Waals surface area (Å²) in [5, 5.41) is -0.525. The zero-order chi connectivity index (χ0) is 12.6. The van der Waals surface area contributed by atoms with Crippen LogP contribution in [-0.2, 0) is 6.54 Å². The fourth-order valence-corrected chi connectivity index (χ4v) is 3.07. The second kappa shape index (κ2) is 4.49. The molecule has 1 aromatic rings. The molecule has 0 radical (unpaired) electrons. The van der Waals surface area contributed by atoms with E-state index in [4.69, 9.17) is 11.6 Å². The molecule has 0 unspecified atom stereocenters. The van der Waals surface area contributed by atoms with Gasteiger partial charge in [-0.15, -0.1) is 0 Å². The van der Waals surface area contributed by atoms with Crippen LogP contribution in [0, 0.1) is 5.82 Å². The van der Waals surface area contributed by atoms with Crippen LogP contribution in [0.2, 0.25) is 5.15 Å². The number of rotatable bonds is 3. The zero-order valence-electron chi connectivity index (χ0n) is 9.26. The summed E-state index contributed by atoms with van der Waals surface area (Å²) >= 11 is 7.01. The predicted octanol–water partition coefficient (Wildman–Crippen LogP) is 1.61. The predicted molar refractivity (Wildman–Crippen MR) is 66.4 cm³/mol. The molecule has 0 saturated heterocycles. The lowest BCUT2D eigenvalue weighted by atomic mass is 9.84. The third-order valence-corrected chi connectivity index (χ3v) is 4.90. The van der Waals surface area contributed by atoms with E-state index in [1.807, 2.05) is 6.26 Å². The van der Waals surface area contributed by atoms with Gasteiger partial charge >= 0.3 is 5.69 Å². The average Bonchev–Trinajstić information content (AvgIpc) is 2.24. The van der Waals surface area contributed by atoms with Crippen LogP contribution in [0.3, 0.4) is 0 Å². The van der Waals surface area contributed by atoms with Gasteiger partial charge in [0.05, 0.1) is 0 Å². The van der Waals surface area contributed by atoms with Crippen molar-refractivity contribution in [3.8, 4) is 0 Å². The molecule has 1 aliphatic carbocycles. The molecule has 0 aromatic carbocycles. The first-order chi connectivity index (χ1) is 7.99. The van der Waals surface area contributed by atoms with Crippen molar-refractivity contribution in [3.63, 3.8) is 0 Å². The highest BCUT2D eigenvalue weighted by Gasteiger charge is 2.37. The summed E-state index contributed by atoms with van der Waals surface area (Å²) in [6, 6.07) is 0. The molecular formula is C10H12ClFN2O2S. The molecular weight excluding hydrogens is 267 g/mol. The van der Waals surface area contributed by atoms with E-state index in [-0.39, 0.29) is 11.3 Å². The van der Waals surface area contributed by atoms with Crippen molar-refractivity contribution in [2.24, 2.45) is 0 Å². The normalized spacial score (nSPS) is 17.8. The topological polar surface area (TPSA) is 54.9 Å². The fourth-order valence-electron chi connectivity index (χ4n) is 1.95. The Balaban J connectivity index is 2.43. The molecule has 0 spiro atoms. The number of nitrogens with one attached hydrogen (secondary N) is 1. The second-order valence-corrected chi connectivity index (χ2v) is 5.84. The molecule has 1 fully saturated rings. The minimum absolute atomic E-state index is 0.114. The number of H-pyrrole nitrogens is 1. The van der Waals surface area contributed by atoms with E-state index in [1.54, 1.807) is 11.8 Å². The van der Waals surface area contributed by atoms with E-state index in [2.05, 4.69) is 4.98 Å². The Labute approximate surface area is 106 Å². The molecule has 4 nitrogen and oxygen atoms in total. The highest BCUT2D eigenvalue weighted by molar-refractivity contribution is 8.00. The van der Waals surface area contributed by atoms with Crippen LogP contribution >= 0.6 is 23.4 Å². The fraction of sp³-hybridized carbons (Fsp3) is 0.600. The van der Waals surface area contributed by atoms with Gasteiger partial charge in [-0.3, -0.25) is 14.3 Å². The number of aromatic nitrogens is 2. The van der Waals surface area contributed by atoms with Gasteiger partial charge in [0.1, 0.15) is 0 Å². The number of hydrogen-bond acceptors (Lipinski definition) is 3. The van der Waals surface area contributed by atoms with E-state index in [1.165, 1.54) is 0 Å². The molecule has 1 heterocycles. The molecule has 0 bridgehead atoms. The van der Waals surface area contributed by atoms with Gasteiger partial charge in [0, 0.05) is 11.3 Å². The Morgan fingerprint density at radius 2 is 2.18 bits per heavy atom. The molecule has 1 saturated carbocycles. The first-order valence-corrected chi connectivity index (χ1v) is 6.83. The Kier molecular flexibility index (Phi) is 3.36. The molecule has 0 atom stereocenters. The summed E-state index contributed by atoms with van der Waals surface area (Å²) in [5.74, 6) is -1.10. The molecule has 2 rings (SSSR count). The van der Waals surface area contributed by atoms with Crippen LogP contribution in [-0.4, -0.2) is 20.6 Å². The van der Waals surface area contributed by atoms with Crippen LogP contribution in [0.4, 0.5) is 4.39 Å². The van der Waals surface area contributed by atoms with Crippen molar-refractivity contribution in [2.75, 3.05) is 6.26 Å². The maximum absolute atomic E-state index is 13.3. The van der Waals surface area contributed by atoms with Crippen molar-refractivity contribution in [3.05, 3.63) is 31.8 Å². The molecule has 0 amide bonds. The van der Waals surface area contributed by atoms with Crippen molar-refractivity contribution in [2.45, 2.75) is 30.6 Å². The number of hydrogen-bond donors (Lipinski definition) is 1. The van der Waals surface area contributed by atoms with Gasteiger partial charge in [-0.05, 0) is 19.1 Å². The largest absolute Gasteiger partial charge is 0.329 e. The smallest absolute Gasteiger partial charge is 0.295 e. The van der Waals surface area contributed by atoms with Crippen molar-refractivity contribution in [1.29, 1.82) is 0 Å². The van der Waals surface area contributed by atoms with Crippen LogP contribution in [0.25, 0.3) is 0 Å². The Morgan fingerprint density at radius 3 is 2.65 bits per heavy atom. The van der Waals surface area contributed by atoms with Gasteiger partial charge in [-0.2, -0.15) is 16.2 Å². The van der Waals surface area contributed by atoms with Crippen LogP contribution in [0.15, 0.2) is 9.59 Å². The standard InChI is InChI=1S/C10H12ClFN2O2S/c1-17-10(3-2-4-10)5-14-8(15)6(12)7(11)13-9(14)16/h2-5H2,1H3,(H,13,16). The van der Waals surface area contributed by atoms with E-state index >= 15 is 0 Å². The lowest BCUT2D eigenvalue weighted by Crippen LogP contribution is -2.47. The van der Waals surface area contributed by atoms with Gasteiger partial charge in [0.2, 0.25) is 5.82 Å². The van der Waals surface area contributed by atoms with Gasteiger partial charge in [-0.1, -0.05) is 18.0 Å². The number of thioether (sulfide) groups is 1. The first kappa shape index (κ1) is 12.7.